The van der Waals surface area contributed by atoms with E-state index in [0.717, 1.165) is 30.2 Å². The van der Waals surface area contributed by atoms with Gasteiger partial charge in [-0.25, -0.2) is 0 Å². The lowest BCUT2D eigenvalue weighted by atomic mass is 10.3. The zero-order valence-electron chi connectivity index (χ0n) is 8.70. The van der Waals surface area contributed by atoms with Crippen molar-refractivity contribution in [3.05, 3.63) is 30.5 Å². The number of aromatic nitrogens is 3. The van der Waals surface area contributed by atoms with Crippen LogP contribution in [0.15, 0.2) is 30.5 Å². The van der Waals surface area contributed by atoms with E-state index in [1.807, 2.05) is 24.3 Å². The first-order chi connectivity index (χ1) is 7.40. The molecule has 0 aromatic carbocycles. The Morgan fingerprint density at radius 3 is 3.07 bits per heavy atom. The Morgan fingerprint density at radius 2 is 2.33 bits per heavy atom. The molecule has 0 aliphatic heterocycles. The van der Waals surface area contributed by atoms with Crippen LogP contribution in [0.25, 0.3) is 11.4 Å². The van der Waals surface area contributed by atoms with Gasteiger partial charge in [-0.1, -0.05) is 13.0 Å². The fraction of sp³-hybridized carbons (Fsp3) is 0.273. The Kier molecular flexibility index (Phi) is 2.97. The number of hydrogen-bond donors (Lipinski definition) is 2. The Morgan fingerprint density at radius 1 is 1.40 bits per heavy atom. The number of rotatable bonds is 4. The molecule has 2 aromatic rings. The third kappa shape index (κ3) is 2.34. The Balaban J connectivity index is 2.14. The molecule has 0 bridgehead atoms. The molecule has 2 N–H and O–H groups in total. The topological polar surface area (TPSA) is 53.6 Å². The van der Waals surface area contributed by atoms with Crippen molar-refractivity contribution < 1.29 is 0 Å². The maximum Gasteiger partial charge on any atom is 0.148 e. The summed E-state index contributed by atoms with van der Waals surface area (Å²) in [6, 6.07) is 7.79. The highest BCUT2D eigenvalue weighted by molar-refractivity contribution is 5.58. The van der Waals surface area contributed by atoms with Gasteiger partial charge < -0.3 is 5.32 Å². The van der Waals surface area contributed by atoms with Crippen LogP contribution in [0.5, 0.6) is 0 Å². The van der Waals surface area contributed by atoms with Gasteiger partial charge >= 0.3 is 0 Å². The summed E-state index contributed by atoms with van der Waals surface area (Å²) < 4.78 is 0. The monoisotopic (exact) mass is 202 g/mol. The first-order valence-corrected chi connectivity index (χ1v) is 5.11. The molecule has 0 atom stereocenters. The minimum atomic E-state index is 0.873. The standard InChI is InChI=1S/C11H14N4/c1-2-6-13-11-8-10(14-15-11)9-5-3-4-7-12-9/h3-5,7-8H,2,6H2,1H3,(H2,13,14,15). The average molecular weight is 202 g/mol. The van der Waals surface area contributed by atoms with Crippen molar-refractivity contribution in [1.82, 2.24) is 15.2 Å². The highest BCUT2D eigenvalue weighted by atomic mass is 15.2. The Hall–Kier alpha value is -1.84. The second-order valence-electron chi connectivity index (χ2n) is 3.31. The summed E-state index contributed by atoms with van der Waals surface area (Å²) in [6.07, 6.45) is 2.86. The van der Waals surface area contributed by atoms with Crippen LogP contribution in [0, 0.1) is 0 Å². The molecule has 2 rings (SSSR count). The van der Waals surface area contributed by atoms with Crippen LogP contribution in [0.1, 0.15) is 13.3 Å². The number of aromatic amines is 1. The summed E-state index contributed by atoms with van der Waals surface area (Å²) in [5, 5.41) is 10.3. The molecule has 78 valence electrons. The predicted octanol–water partition coefficient (Wildman–Crippen LogP) is 2.29. The van der Waals surface area contributed by atoms with Gasteiger partial charge in [0.2, 0.25) is 0 Å². The molecule has 4 nitrogen and oxygen atoms in total. The first kappa shape index (κ1) is 9.71. The SMILES string of the molecule is CCCNc1cc(-c2ccccn2)[nH]n1. The van der Waals surface area contributed by atoms with Crippen LogP contribution in [0.2, 0.25) is 0 Å². The van der Waals surface area contributed by atoms with Gasteiger partial charge in [0.1, 0.15) is 5.82 Å². The minimum absolute atomic E-state index is 0.873. The van der Waals surface area contributed by atoms with Crippen LogP contribution in [0.4, 0.5) is 5.82 Å². The highest BCUT2D eigenvalue weighted by Gasteiger charge is 2.02. The van der Waals surface area contributed by atoms with Gasteiger partial charge in [-0.2, -0.15) is 5.10 Å². The van der Waals surface area contributed by atoms with E-state index in [4.69, 9.17) is 0 Å². The van der Waals surface area contributed by atoms with Crippen LogP contribution >= 0.6 is 0 Å². The zero-order valence-corrected chi connectivity index (χ0v) is 8.70. The highest BCUT2D eigenvalue weighted by Crippen LogP contribution is 2.16. The number of nitrogens with zero attached hydrogens (tertiary/aromatic N) is 2. The predicted molar refractivity (Wildman–Crippen MR) is 60.6 cm³/mol. The van der Waals surface area contributed by atoms with Crippen molar-refractivity contribution in [3.8, 4) is 11.4 Å². The van der Waals surface area contributed by atoms with Gasteiger partial charge in [-0.05, 0) is 18.6 Å². The third-order valence-corrected chi connectivity index (χ3v) is 2.07. The molecule has 0 saturated heterocycles. The van der Waals surface area contributed by atoms with Crippen LogP contribution in [-0.4, -0.2) is 21.7 Å². The smallest absolute Gasteiger partial charge is 0.148 e. The summed E-state index contributed by atoms with van der Waals surface area (Å²) in [5.74, 6) is 0.873. The normalized spacial score (nSPS) is 10.2. The quantitative estimate of drug-likeness (QED) is 0.799. The van der Waals surface area contributed by atoms with Crippen molar-refractivity contribution in [3.63, 3.8) is 0 Å². The van der Waals surface area contributed by atoms with Gasteiger partial charge in [0.05, 0.1) is 11.4 Å². The summed E-state index contributed by atoms with van der Waals surface area (Å²) in [6.45, 7) is 3.06. The van der Waals surface area contributed by atoms with Gasteiger partial charge in [0, 0.05) is 18.8 Å². The maximum atomic E-state index is 4.24. The zero-order chi connectivity index (χ0) is 10.5. The van der Waals surface area contributed by atoms with Crippen molar-refractivity contribution in [2.24, 2.45) is 0 Å². The van der Waals surface area contributed by atoms with E-state index >= 15 is 0 Å². The lowest BCUT2D eigenvalue weighted by Crippen LogP contribution is -1.99. The molecule has 0 unspecified atom stereocenters. The molecule has 0 aliphatic rings. The molecule has 0 fully saturated rings. The lowest BCUT2D eigenvalue weighted by Gasteiger charge is -1.96. The van der Waals surface area contributed by atoms with Crippen LogP contribution in [-0.2, 0) is 0 Å². The van der Waals surface area contributed by atoms with E-state index in [-0.39, 0.29) is 0 Å². The van der Waals surface area contributed by atoms with Gasteiger partial charge in [0.25, 0.3) is 0 Å². The summed E-state index contributed by atoms with van der Waals surface area (Å²) in [4.78, 5) is 4.24. The molecule has 0 saturated carbocycles. The number of hydrogen-bond acceptors (Lipinski definition) is 3. The molecular formula is C11H14N4. The maximum absolute atomic E-state index is 4.24. The number of anilines is 1. The van der Waals surface area contributed by atoms with Gasteiger partial charge in [0.15, 0.2) is 0 Å². The third-order valence-electron chi connectivity index (χ3n) is 2.07. The second-order valence-corrected chi connectivity index (χ2v) is 3.31. The molecule has 15 heavy (non-hydrogen) atoms. The fourth-order valence-electron chi connectivity index (χ4n) is 1.32. The van der Waals surface area contributed by atoms with Crippen molar-refractivity contribution in [1.29, 1.82) is 0 Å². The van der Waals surface area contributed by atoms with E-state index in [0.29, 0.717) is 0 Å². The lowest BCUT2D eigenvalue weighted by molar-refractivity contribution is 0.961. The minimum Gasteiger partial charge on any atom is -0.369 e. The summed E-state index contributed by atoms with van der Waals surface area (Å²) in [5.41, 5.74) is 1.85. The molecule has 0 radical (unpaired) electrons. The molecule has 0 spiro atoms. The van der Waals surface area contributed by atoms with Gasteiger partial charge in [-0.3, -0.25) is 10.1 Å². The van der Waals surface area contributed by atoms with E-state index in [9.17, 15) is 0 Å². The molecule has 2 aromatic heterocycles. The van der Waals surface area contributed by atoms with E-state index in [1.165, 1.54) is 0 Å². The van der Waals surface area contributed by atoms with Crippen molar-refractivity contribution >= 4 is 5.82 Å². The van der Waals surface area contributed by atoms with E-state index in [2.05, 4.69) is 27.4 Å². The van der Waals surface area contributed by atoms with E-state index in [1.54, 1.807) is 6.20 Å². The molecule has 4 heteroatoms. The Bertz CT molecular complexity index is 408. The average Bonchev–Trinajstić information content (AvgIpc) is 2.76. The number of H-pyrrole nitrogens is 1. The number of pyridine rings is 1. The Labute approximate surface area is 88.8 Å². The van der Waals surface area contributed by atoms with Crippen LogP contribution in [0.3, 0.4) is 0 Å². The molecular weight excluding hydrogens is 188 g/mol. The van der Waals surface area contributed by atoms with Gasteiger partial charge in [-0.15, -0.1) is 0 Å². The van der Waals surface area contributed by atoms with Crippen molar-refractivity contribution in [2.75, 3.05) is 11.9 Å². The fourth-order valence-corrected chi connectivity index (χ4v) is 1.32. The molecule has 0 amide bonds. The van der Waals surface area contributed by atoms with Crippen molar-refractivity contribution in [2.45, 2.75) is 13.3 Å². The molecule has 2 heterocycles. The number of nitrogens with one attached hydrogen (secondary N) is 2. The summed E-state index contributed by atoms with van der Waals surface area (Å²) in [7, 11) is 0. The van der Waals surface area contributed by atoms with E-state index < -0.39 is 0 Å². The van der Waals surface area contributed by atoms with Crippen LogP contribution < -0.4 is 5.32 Å². The first-order valence-electron chi connectivity index (χ1n) is 5.11. The summed E-state index contributed by atoms with van der Waals surface area (Å²) >= 11 is 0. The largest absolute Gasteiger partial charge is 0.369 e. The second kappa shape index (κ2) is 4.59. The molecule has 0 aliphatic carbocycles.